The molecule has 1 aromatic carbocycles. The van der Waals surface area contributed by atoms with E-state index in [0.717, 1.165) is 25.9 Å². The van der Waals surface area contributed by atoms with Crippen LogP contribution in [0.3, 0.4) is 0 Å². The van der Waals surface area contributed by atoms with Crippen molar-refractivity contribution < 1.29 is 9.13 Å². The first-order valence-electron chi connectivity index (χ1n) is 5.39. The van der Waals surface area contributed by atoms with Gasteiger partial charge in [0.25, 0.3) is 0 Å². The van der Waals surface area contributed by atoms with Crippen LogP contribution in [0.5, 0.6) is 5.75 Å². The molecule has 0 saturated carbocycles. The summed E-state index contributed by atoms with van der Waals surface area (Å²) in [6.07, 6.45) is 2.22. The highest BCUT2D eigenvalue weighted by Gasteiger charge is 2.14. The van der Waals surface area contributed by atoms with Gasteiger partial charge in [-0.3, -0.25) is 0 Å². The van der Waals surface area contributed by atoms with Crippen LogP contribution >= 0.6 is 0 Å². The molecule has 0 aliphatic carbocycles. The number of benzene rings is 1. The summed E-state index contributed by atoms with van der Waals surface area (Å²) >= 11 is 0. The van der Waals surface area contributed by atoms with Crippen LogP contribution in [-0.2, 0) is 0 Å². The Balaban J connectivity index is 2.00. The molecule has 0 aromatic heterocycles. The topological polar surface area (TPSA) is 21.3 Å². The molecule has 1 saturated heterocycles. The van der Waals surface area contributed by atoms with Gasteiger partial charge in [-0.15, -0.1) is 0 Å². The average Bonchev–Trinajstić information content (AvgIpc) is 2.25. The number of ether oxygens (including phenoxy) is 1. The first kappa shape index (κ1) is 10.4. The fraction of sp³-hybridized carbons (Fsp3) is 0.500. The second kappa shape index (κ2) is 4.62. The summed E-state index contributed by atoms with van der Waals surface area (Å²) < 4.78 is 19.0. The summed E-state index contributed by atoms with van der Waals surface area (Å²) in [5.41, 5.74) is 0.660. The average molecular weight is 209 g/mol. The summed E-state index contributed by atoms with van der Waals surface area (Å²) in [7, 11) is 0. The van der Waals surface area contributed by atoms with E-state index in [9.17, 15) is 4.39 Å². The fourth-order valence-electron chi connectivity index (χ4n) is 1.75. The van der Waals surface area contributed by atoms with Crippen molar-refractivity contribution in [2.24, 2.45) is 0 Å². The fourth-order valence-corrected chi connectivity index (χ4v) is 1.75. The van der Waals surface area contributed by atoms with Crippen molar-refractivity contribution in [2.45, 2.75) is 25.9 Å². The van der Waals surface area contributed by atoms with E-state index in [2.05, 4.69) is 5.32 Å². The Bertz CT molecular complexity index is 334. The molecule has 2 rings (SSSR count). The van der Waals surface area contributed by atoms with Gasteiger partial charge in [-0.25, -0.2) is 4.39 Å². The molecular formula is C12H16FNO. The molecule has 3 heteroatoms. The summed E-state index contributed by atoms with van der Waals surface area (Å²) in [6.45, 7) is 3.72. The standard InChI is InChI=1S/C12H16FNO/c1-9-2-3-11(8-12(9)13)15-10-4-6-14-7-5-10/h2-3,8,10,14H,4-7H2,1H3. The Labute approximate surface area is 89.4 Å². The molecule has 0 radical (unpaired) electrons. The van der Waals surface area contributed by atoms with Crippen molar-refractivity contribution in [3.63, 3.8) is 0 Å². The van der Waals surface area contributed by atoms with Crippen LogP contribution in [0, 0.1) is 12.7 Å². The van der Waals surface area contributed by atoms with Gasteiger partial charge in [0.2, 0.25) is 0 Å². The van der Waals surface area contributed by atoms with E-state index < -0.39 is 0 Å². The minimum atomic E-state index is -0.193. The SMILES string of the molecule is Cc1ccc(OC2CCNCC2)cc1F. The highest BCUT2D eigenvalue weighted by Crippen LogP contribution is 2.19. The number of nitrogens with one attached hydrogen (secondary N) is 1. The van der Waals surface area contributed by atoms with Crippen LogP contribution < -0.4 is 10.1 Å². The molecule has 1 aliphatic rings. The van der Waals surface area contributed by atoms with Crippen LogP contribution in [0.15, 0.2) is 18.2 Å². The monoisotopic (exact) mass is 209 g/mol. The van der Waals surface area contributed by atoms with Crippen LogP contribution in [0.1, 0.15) is 18.4 Å². The largest absolute Gasteiger partial charge is 0.490 e. The quantitative estimate of drug-likeness (QED) is 0.806. The predicted molar refractivity (Wildman–Crippen MR) is 57.7 cm³/mol. The van der Waals surface area contributed by atoms with Crippen LogP contribution in [0.2, 0.25) is 0 Å². The molecule has 1 fully saturated rings. The third kappa shape index (κ3) is 2.69. The highest BCUT2D eigenvalue weighted by molar-refractivity contribution is 5.28. The normalized spacial score (nSPS) is 17.7. The molecule has 0 atom stereocenters. The molecule has 0 unspecified atom stereocenters. The predicted octanol–water partition coefficient (Wildman–Crippen LogP) is 2.26. The molecule has 0 bridgehead atoms. The van der Waals surface area contributed by atoms with E-state index in [4.69, 9.17) is 4.74 Å². The number of hydrogen-bond acceptors (Lipinski definition) is 2. The van der Waals surface area contributed by atoms with Gasteiger partial charge in [-0.2, -0.15) is 0 Å². The molecule has 1 heterocycles. The zero-order valence-corrected chi connectivity index (χ0v) is 8.92. The Hall–Kier alpha value is -1.09. The molecule has 1 aromatic rings. The summed E-state index contributed by atoms with van der Waals surface area (Å²) in [6, 6.07) is 5.06. The second-order valence-corrected chi connectivity index (χ2v) is 3.98. The van der Waals surface area contributed by atoms with Gasteiger partial charge in [-0.1, -0.05) is 6.07 Å². The van der Waals surface area contributed by atoms with E-state index in [1.54, 1.807) is 13.0 Å². The minimum Gasteiger partial charge on any atom is -0.490 e. The maximum atomic E-state index is 13.2. The first-order chi connectivity index (χ1) is 7.25. The number of piperidine rings is 1. The van der Waals surface area contributed by atoms with E-state index >= 15 is 0 Å². The smallest absolute Gasteiger partial charge is 0.129 e. The van der Waals surface area contributed by atoms with E-state index in [1.807, 2.05) is 6.07 Å². The lowest BCUT2D eigenvalue weighted by Crippen LogP contribution is -2.34. The minimum absolute atomic E-state index is 0.193. The lowest BCUT2D eigenvalue weighted by Gasteiger charge is -2.23. The molecule has 0 spiro atoms. The van der Waals surface area contributed by atoms with Crippen LogP contribution in [0.4, 0.5) is 4.39 Å². The van der Waals surface area contributed by atoms with Crippen LogP contribution in [-0.4, -0.2) is 19.2 Å². The van der Waals surface area contributed by atoms with Gasteiger partial charge >= 0.3 is 0 Å². The molecular weight excluding hydrogens is 193 g/mol. The number of rotatable bonds is 2. The van der Waals surface area contributed by atoms with Crippen molar-refractivity contribution in [2.75, 3.05) is 13.1 Å². The van der Waals surface area contributed by atoms with E-state index in [1.165, 1.54) is 6.07 Å². The van der Waals surface area contributed by atoms with Gasteiger partial charge in [-0.05, 0) is 44.5 Å². The third-order valence-corrected chi connectivity index (χ3v) is 2.73. The van der Waals surface area contributed by atoms with Gasteiger partial charge in [0.15, 0.2) is 0 Å². The number of hydrogen-bond donors (Lipinski definition) is 1. The zero-order valence-electron chi connectivity index (χ0n) is 8.92. The molecule has 0 amide bonds. The number of aryl methyl sites for hydroxylation is 1. The summed E-state index contributed by atoms with van der Waals surface area (Å²) in [4.78, 5) is 0. The van der Waals surface area contributed by atoms with Gasteiger partial charge in [0.1, 0.15) is 17.7 Å². The van der Waals surface area contributed by atoms with Crippen molar-refractivity contribution in [1.29, 1.82) is 0 Å². The Kier molecular flexibility index (Phi) is 3.21. The second-order valence-electron chi connectivity index (χ2n) is 3.98. The lowest BCUT2D eigenvalue weighted by atomic mass is 10.1. The first-order valence-corrected chi connectivity index (χ1v) is 5.39. The zero-order chi connectivity index (χ0) is 10.7. The van der Waals surface area contributed by atoms with Crippen molar-refractivity contribution in [1.82, 2.24) is 5.32 Å². The van der Waals surface area contributed by atoms with E-state index in [-0.39, 0.29) is 11.9 Å². The van der Waals surface area contributed by atoms with Crippen molar-refractivity contribution in [3.8, 4) is 5.75 Å². The molecule has 1 aliphatic heterocycles. The molecule has 15 heavy (non-hydrogen) atoms. The van der Waals surface area contributed by atoms with Gasteiger partial charge in [0, 0.05) is 6.07 Å². The molecule has 1 N–H and O–H groups in total. The van der Waals surface area contributed by atoms with Crippen molar-refractivity contribution in [3.05, 3.63) is 29.6 Å². The lowest BCUT2D eigenvalue weighted by molar-refractivity contribution is 0.162. The Morgan fingerprint density at radius 1 is 1.33 bits per heavy atom. The van der Waals surface area contributed by atoms with E-state index in [0.29, 0.717) is 11.3 Å². The Morgan fingerprint density at radius 2 is 2.07 bits per heavy atom. The third-order valence-electron chi connectivity index (χ3n) is 2.73. The van der Waals surface area contributed by atoms with Crippen LogP contribution in [0.25, 0.3) is 0 Å². The number of halogens is 1. The van der Waals surface area contributed by atoms with Crippen molar-refractivity contribution >= 4 is 0 Å². The maximum Gasteiger partial charge on any atom is 0.129 e. The summed E-state index contributed by atoms with van der Waals surface area (Å²) in [5, 5.41) is 3.27. The van der Waals surface area contributed by atoms with Gasteiger partial charge < -0.3 is 10.1 Å². The van der Waals surface area contributed by atoms with Gasteiger partial charge in [0.05, 0.1) is 0 Å². The molecule has 82 valence electrons. The maximum absolute atomic E-state index is 13.2. The highest BCUT2D eigenvalue weighted by atomic mass is 19.1. The molecule has 2 nitrogen and oxygen atoms in total. The summed E-state index contributed by atoms with van der Waals surface area (Å²) in [5.74, 6) is 0.450. The Morgan fingerprint density at radius 3 is 2.73 bits per heavy atom.